The van der Waals surface area contributed by atoms with Crippen molar-refractivity contribution in [3.8, 4) is 0 Å². The second kappa shape index (κ2) is 7.67. The molecule has 0 aromatic heterocycles. The number of nitrogens with one attached hydrogen (secondary N) is 2. The topological polar surface area (TPSA) is 41.1 Å². The van der Waals surface area contributed by atoms with Gasteiger partial charge in [0, 0.05) is 25.2 Å². The zero-order valence-corrected chi connectivity index (χ0v) is 12.4. The van der Waals surface area contributed by atoms with Crippen LogP contribution < -0.4 is 10.6 Å². The first-order chi connectivity index (χ1) is 10.9. The van der Waals surface area contributed by atoms with Crippen molar-refractivity contribution in [3.63, 3.8) is 0 Å². The summed E-state index contributed by atoms with van der Waals surface area (Å²) in [5.74, 6) is -0.159. The Bertz CT molecular complexity index is 642. The van der Waals surface area contributed by atoms with Crippen LogP contribution in [0.4, 0.5) is 18.9 Å². The Morgan fingerprint density at radius 2 is 1.74 bits per heavy atom. The van der Waals surface area contributed by atoms with E-state index >= 15 is 0 Å². The van der Waals surface area contributed by atoms with Crippen molar-refractivity contribution < 1.29 is 18.0 Å². The summed E-state index contributed by atoms with van der Waals surface area (Å²) in [6.45, 7) is 0.700. The second-order valence-electron chi connectivity index (χ2n) is 5.02. The molecular formula is C17H17F3N2O. The molecule has 0 heterocycles. The lowest BCUT2D eigenvalue weighted by Gasteiger charge is -2.10. The van der Waals surface area contributed by atoms with E-state index in [2.05, 4.69) is 10.6 Å². The van der Waals surface area contributed by atoms with Gasteiger partial charge in [0.25, 0.3) is 0 Å². The largest absolute Gasteiger partial charge is 0.416 e. The van der Waals surface area contributed by atoms with Crippen molar-refractivity contribution in [1.82, 2.24) is 5.32 Å². The van der Waals surface area contributed by atoms with Crippen molar-refractivity contribution in [2.75, 3.05) is 11.9 Å². The number of anilines is 1. The molecular weight excluding hydrogens is 305 g/mol. The number of rotatable bonds is 6. The maximum Gasteiger partial charge on any atom is 0.416 e. The molecule has 6 heteroatoms. The van der Waals surface area contributed by atoms with Gasteiger partial charge in [-0.25, -0.2) is 0 Å². The van der Waals surface area contributed by atoms with Crippen LogP contribution in [0.25, 0.3) is 0 Å². The third-order valence-electron chi connectivity index (χ3n) is 3.20. The molecule has 0 fully saturated rings. The summed E-state index contributed by atoms with van der Waals surface area (Å²) in [5.41, 5.74) is 0.624. The molecule has 0 saturated heterocycles. The Kier molecular flexibility index (Phi) is 5.62. The van der Waals surface area contributed by atoms with E-state index in [1.54, 1.807) is 0 Å². The van der Waals surface area contributed by atoms with Crippen LogP contribution in [0.5, 0.6) is 0 Å². The van der Waals surface area contributed by atoms with E-state index in [1.165, 1.54) is 12.1 Å². The van der Waals surface area contributed by atoms with Gasteiger partial charge >= 0.3 is 6.18 Å². The summed E-state index contributed by atoms with van der Waals surface area (Å²) >= 11 is 0. The summed E-state index contributed by atoms with van der Waals surface area (Å²) < 4.78 is 37.8. The molecule has 122 valence electrons. The van der Waals surface area contributed by atoms with Gasteiger partial charge in [-0.2, -0.15) is 13.2 Å². The number of carbonyl (C=O) groups is 1. The molecule has 23 heavy (non-hydrogen) atoms. The van der Waals surface area contributed by atoms with E-state index < -0.39 is 11.7 Å². The van der Waals surface area contributed by atoms with Crippen LogP contribution in [0.3, 0.4) is 0 Å². The lowest BCUT2D eigenvalue weighted by Crippen LogP contribution is -2.24. The molecule has 2 rings (SSSR count). The first-order valence-electron chi connectivity index (χ1n) is 7.17. The smallest absolute Gasteiger partial charge is 0.385 e. The molecule has 0 atom stereocenters. The van der Waals surface area contributed by atoms with Gasteiger partial charge < -0.3 is 10.6 Å². The van der Waals surface area contributed by atoms with Crippen LogP contribution in [-0.2, 0) is 17.5 Å². The maximum atomic E-state index is 12.6. The van der Waals surface area contributed by atoms with Crippen LogP contribution in [0.2, 0.25) is 0 Å². The SMILES string of the molecule is O=C(CCNc1cccc(C(F)(F)F)c1)NCc1ccccc1. The van der Waals surface area contributed by atoms with E-state index in [-0.39, 0.29) is 18.9 Å². The fourth-order valence-corrected chi connectivity index (χ4v) is 2.01. The zero-order valence-electron chi connectivity index (χ0n) is 12.4. The third-order valence-corrected chi connectivity index (χ3v) is 3.20. The van der Waals surface area contributed by atoms with Gasteiger partial charge in [0.1, 0.15) is 0 Å². The molecule has 0 bridgehead atoms. The highest BCUT2D eigenvalue weighted by Crippen LogP contribution is 2.30. The summed E-state index contributed by atoms with van der Waals surface area (Å²) in [6.07, 6.45) is -4.19. The van der Waals surface area contributed by atoms with Crippen molar-refractivity contribution >= 4 is 11.6 Å². The minimum atomic E-state index is -4.37. The lowest BCUT2D eigenvalue weighted by molar-refractivity contribution is -0.137. The van der Waals surface area contributed by atoms with Gasteiger partial charge in [0.05, 0.1) is 5.56 Å². The molecule has 2 aromatic carbocycles. The number of halogens is 3. The highest BCUT2D eigenvalue weighted by molar-refractivity contribution is 5.76. The Labute approximate surface area is 132 Å². The molecule has 0 unspecified atom stereocenters. The third kappa shape index (κ3) is 5.65. The molecule has 1 amide bonds. The van der Waals surface area contributed by atoms with Crippen LogP contribution >= 0.6 is 0 Å². The van der Waals surface area contributed by atoms with Crippen molar-refractivity contribution in [2.45, 2.75) is 19.1 Å². The fourth-order valence-electron chi connectivity index (χ4n) is 2.01. The number of benzene rings is 2. The predicted octanol–water partition coefficient (Wildman–Crippen LogP) is 3.82. The standard InChI is InChI=1S/C17H17F3N2O/c18-17(19,20)14-7-4-8-15(11-14)21-10-9-16(23)22-12-13-5-2-1-3-6-13/h1-8,11,21H,9-10,12H2,(H,22,23). The molecule has 0 spiro atoms. The molecule has 2 N–H and O–H groups in total. The van der Waals surface area contributed by atoms with E-state index in [4.69, 9.17) is 0 Å². The van der Waals surface area contributed by atoms with Gasteiger partial charge in [0.2, 0.25) is 5.91 Å². The van der Waals surface area contributed by atoms with Crippen LogP contribution in [0.15, 0.2) is 54.6 Å². The van der Waals surface area contributed by atoms with E-state index in [0.717, 1.165) is 17.7 Å². The fraction of sp³-hybridized carbons (Fsp3) is 0.235. The molecule has 3 nitrogen and oxygen atoms in total. The molecule has 0 aliphatic carbocycles. The molecule has 0 aliphatic rings. The first-order valence-corrected chi connectivity index (χ1v) is 7.17. The summed E-state index contributed by atoms with van der Waals surface area (Å²) in [5, 5.41) is 5.59. The summed E-state index contributed by atoms with van der Waals surface area (Å²) in [7, 11) is 0. The van der Waals surface area contributed by atoms with E-state index in [9.17, 15) is 18.0 Å². The first kappa shape index (κ1) is 16.9. The van der Waals surface area contributed by atoms with E-state index in [0.29, 0.717) is 12.2 Å². The Morgan fingerprint density at radius 3 is 2.43 bits per heavy atom. The van der Waals surface area contributed by atoms with Gasteiger partial charge in [-0.05, 0) is 23.8 Å². The number of carbonyl (C=O) groups excluding carboxylic acids is 1. The van der Waals surface area contributed by atoms with Crippen LogP contribution in [0, 0.1) is 0 Å². The zero-order chi connectivity index (χ0) is 16.7. The van der Waals surface area contributed by atoms with Gasteiger partial charge in [-0.1, -0.05) is 36.4 Å². The normalized spacial score (nSPS) is 11.1. The quantitative estimate of drug-likeness (QED) is 0.849. The van der Waals surface area contributed by atoms with Gasteiger partial charge in [-0.15, -0.1) is 0 Å². The minimum Gasteiger partial charge on any atom is -0.385 e. The maximum absolute atomic E-state index is 12.6. The Hall–Kier alpha value is -2.50. The predicted molar refractivity (Wildman–Crippen MR) is 82.8 cm³/mol. The second-order valence-corrected chi connectivity index (χ2v) is 5.02. The highest BCUT2D eigenvalue weighted by Gasteiger charge is 2.30. The summed E-state index contributed by atoms with van der Waals surface area (Å²) in [4.78, 5) is 11.7. The monoisotopic (exact) mass is 322 g/mol. The average Bonchev–Trinajstić information content (AvgIpc) is 2.53. The number of hydrogen-bond acceptors (Lipinski definition) is 2. The number of alkyl halides is 3. The molecule has 0 radical (unpaired) electrons. The average molecular weight is 322 g/mol. The van der Waals surface area contributed by atoms with Gasteiger partial charge in [-0.3, -0.25) is 4.79 Å². The number of hydrogen-bond donors (Lipinski definition) is 2. The Morgan fingerprint density at radius 1 is 1.00 bits per heavy atom. The lowest BCUT2D eigenvalue weighted by atomic mass is 10.2. The van der Waals surface area contributed by atoms with Crippen molar-refractivity contribution in [3.05, 3.63) is 65.7 Å². The molecule has 0 saturated carbocycles. The highest BCUT2D eigenvalue weighted by atomic mass is 19.4. The number of amides is 1. The summed E-state index contributed by atoms with van der Waals surface area (Å²) in [6, 6.07) is 14.4. The minimum absolute atomic E-state index is 0.159. The van der Waals surface area contributed by atoms with E-state index in [1.807, 2.05) is 30.3 Å². The van der Waals surface area contributed by atoms with Crippen molar-refractivity contribution in [2.24, 2.45) is 0 Å². The Balaban J connectivity index is 1.75. The van der Waals surface area contributed by atoms with Crippen LogP contribution in [0.1, 0.15) is 17.5 Å². The van der Waals surface area contributed by atoms with Crippen molar-refractivity contribution in [1.29, 1.82) is 0 Å². The molecule has 2 aromatic rings. The van der Waals surface area contributed by atoms with Gasteiger partial charge in [0.15, 0.2) is 0 Å². The molecule has 0 aliphatic heterocycles. The van der Waals surface area contributed by atoms with Crippen LogP contribution in [-0.4, -0.2) is 12.5 Å².